The van der Waals surface area contributed by atoms with Crippen LogP contribution in [0.1, 0.15) is 46.0 Å². The average Bonchev–Trinajstić information content (AvgIpc) is 2.87. The van der Waals surface area contributed by atoms with Crippen molar-refractivity contribution in [2.24, 2.45) is 5.92 Å². The van der Waals surface area contributed by atoms with Crippen molar-refractivity contribution in [3.8, 4) is 0 Å². The molecule has 1 aliphatic carbocycles. The second-order valence-corrected chi connectivity index (χ2v) is 4.96. The third kappa shape index (κ3) is 2.57. The first kappa shape index (κ1) is 11.5. The number of rotatable bonds is 5. The summed E-state index contributed by atoms with van der Waals surface area (Å²) >= 11 is 0. The average molecular weight is 221 g/mol. The van der Waals surface area contributed by atoms with Gasteiger partial charge in [-0.1, -0.05) is 26.7 Å². The molecule has 1 saturated carbocycles. The third-order valence-corrected chi connectivity index (χ3v) is 3.64. The molecule has 0 saturated heterocycles. The minimum absolute atomic E-state index is 0.628. The number of nitrogens with one attached hydrogen (secondary N) is 1. The third-order valence-electron chi connectivity index (χ3n) is 3.64. The predicted molar refractivity (Wildman–Crippen MR) is 67.6 cm³/mol. The fourth-order valence-electron chi connectivity index (χ4n) is 2.48. The summed E-state index contributed by atoms with van der Waals surface area (Å²) in [6.45, 7) is 5.65. The fraction of sp³-hybridized carbons (Fsp3) is 0.769. The lowest BCUT2D eigenvalue weighted by atomic mass is 10.1. The Morgan fingerprint density at radius 2 is 2.38 bits per heavy atom. The van der Waals surface area contributed by atoms with Gasteiger partial charge in [-0.15, -0.1) is 0 Å². The molecule has 0 aromatic carbocycles. The van der Waals surface area contributed by atoms with Crippen LogP contribution in [0.4, 0.5) is 5.95 Å². The molecule has 0 radical (unpaired) electrons. The molecule has 1 aromatic rings. The normalized spacial score (nSPS) is 24.9. The van der Waals surface area contributed by atoms with Crippen molar-refractivity contribution in [1.29, 1.82) is 0 Å². The maximum absolute atomic E-state index is 4.42. The van der Waals surface area contributed by atoms with E-state index < -0.39 is 0 Å². The first-order valence-electron chi connectivity index (χ1n) is 6.59. The number of hydrogen-bond acceptors (Lipinski definition) is 2. The molecule has 0 aliphatic heterocycles. The SMILES string of the molecule is CCCCn1ccnc1NC1CCCC1C. The summed E-state index contributed by atoms with van der Waals surface area (Å²) in [7, 11) is 0. The number of anilines is 1. The van der Waals surface area contributed by atoms with Crippen LogP contribution in [0.5, 0.6) is 0 Å². The minimum atomic E-state index is 0.628. The summed E-state index contributed by atoms with van der Waals surface area (Å²) in [4.78, 5) is 4.42. The highest BCUT2D eigenvalue weighted by Gasteiger charge is 2.24. The Balaban J connectivity index is 1.95. The molecular weight excluding hydrogens is 198 g/mol. The molecule has 16 heavy (non-hydrogen) atoms. The van der Waals surface area contributed by atoms with Gasteiger partial charge in [-0.2, -0.15) is 0 Å². The van der Waals surface area contributed by atoms with E-state index >= 15 is 0 Å². The Morgan fingerprint density at radius 1 is 1.50 bits per heavy atom. The molecule has 1 N–H and O–H groups in total. The molecule has 1 heterocycles. The van der Waals surface area contributed by atoms with Gasteiger partial charge in [-0.05, 0) is 25.2 Å². The van der Waals surface area contributed by atoms with Crippen molar-refractivity contribution in [1.82, 2.24) is 9.55 Å². The zero-order valence-electron chi connectivity index (χ0n) is 10.4. The molecule has 0 bridgehead atoms. The number of aromatic nitrogens is 2. The molecular formula is C13H23N3. The monoisotopic (exact) mass is 221 g/mol. The number of nitrogens with zero attached hydrogens (tertiary/aromatic N) is 2. The van der Waals surface area contributed by atoms with Crippen LogP contribution in [0, 0.1) is 5.92 Å². The second kappa shape index (κ2) is 5.37. The van der Waals surface area contributed by atoms with Gasteiger partial charge in [-0.25, -0.2) is 4.98 Å². The lowest BCUT2D eigenvalue weighted by Crippen LogP contribution is -2.24. The second-order valence-electron chi connectivity index (χ2n) is 4.96. The number of unbranched alkanes of at least 4 members (excludes halogenated alkanes) is 1. The van der Waals surface area contributed by atoms with Crippen LogP contribution in [0.15, 0.2) is 12.4 Å². The Bertz CT molecular complexity index is 319. The summed E-state index contributed by atoms with van der Waals surface area (Å²) < 4.78 is 2.24. The smallest absolute Gasteiger partial charge is 0.202 e. The Kier molecular flexibility index (Phi) is 3.86. The highest BCUT2D eigenvalue weighted by Crippen LogP contribution is 2.27. The van der Waals surface area contributed by atoms with E-state index in [1.165, 1.54) is 32.1 Å². The van der Waals surface area contributed by atoms with E-state index in [0.29, 0.717) is 6.04 Å². The van der Waals surface area contributed by atoms with Crippen LogP contribution in [-0.2, 0) is 6.54 Å². The van der Waals surface area contributed by atoms with Gasteiger partial charge in [0.05, 0.1) is 0 Å². The van der Waals surface area contributed by atoms with E-state index in [-0.39, 0.29) is 0 Å². The Labute approximate surface area is 98.3 Å². The molecule has 0 spiro atoms. The fourth-order valence-corrected chi connectivity index (χ4v) is 2.48. The lowest BCUT2D eigenvalue weighted by Gasteiger charge is -2.18. The number of aryl methyl sites for hydroxylation is 1. The topological polar surface area (TPSA) is 29.9 Å². The molecule has 1 aliphatic rings. The maximum Gasteiger partial charge on any atom is 0.202 e. The standard InChI is InChI=1S/C13H23N3/c1-3-4-9-16-10-8-14-13(16)15-12-7-5-6-11(12)2/h8,10-12H,3-7,9H2,1-2H3,(H,14,15). The molecule has 2 atom stereocenters. The summed E-state index contributed by atoms with van der Waals surface area (Å²) in [6.07, 6.45) is 10.4. The van der Waals surface area contributed by atoms with Gasteiger partial charge in [0, 0.05) is 25.0 Å². The van der Waals surface area contributed by atoms with Crippen molar-refractivity contribution < 1.29 is 0 Å². The summed E-state index contributed by atoms with van der Waals surface area (Å²) in [5.41, 5.74) is 0. The van der Waals surface area contributed by atoms with Crippen molar-refractivity contribution in [3.63, 3.8) is 0 Å². The quantitative estimate of drug-likeness (QED) is 0.827. The highest BCUT2D eigenvalue weighted by atomic mass is 15.2. The van der Waals surface area contributed by atoms with Crippen LogP contribution in [0.25, 0.3) is 0 Å². The number of hydrogen-bond donors (Lipinski definition) is 1. The molecule has 1 aromatic heterocycles. The van der Waals surface area contributed by atoms with Gasteiger partial charge in [0.25, 0.3) is 0 Å². The maximum atomic E-state index is 4.42. The summed E-state index contributed by atoms with van der Waals surface area (Å²) in [5.74, 6) is 1.85. The van der Waals surface area contributed by atoms with Crippen LogP contribution in [0.2, 0.25) is 0 Å². The van der Waals surface area contributed by atoms with E-state index in [4.69, 9.17) is 0 Å². The van der Waals surface area contributed by atoms with E-state index in [1.807, 2.05) is 6.20 Å². The van der Waals surface area contributed by atoms with Crippen molar-refractivity contribution >= 4 is 5.95 Å². The minimum Gasteiger partial charge on any atom is -0.353 e. The van der Waals surface area contributed by atoms with E-state index in [1.54, 1.807) is 0 Å². The molecule has 2 unspecified atom stereocenters. The molecule has 90 valence electrons. The van der Waals surface area contributed by atoms with Gasteiger partial charge in [0.15, 0.2) is 0 Å². The van der Waals surface area contributed by atoms with Crippen LogP contribution >= 0.6 is 0 Å². The highest BCUT2D eigenvalue weighted by molar-refractivity contribution is 5.28. The molecule has 3 nitrogen and oxygen atoms in total. The predicted octanol–water partition coefficient (Wildman–Crippen LogP) is 3.28. The van der Waals surface area contributed by atoms with Gasteiger partial charge in [-0.3, -0.25) is 0 Å². The van der Waals surface area contributed by atoms with E-state index in [2.05, 4.69) is 34.9 Å². The van der Waals surface area contributed by atoms with E-state index in [0.717, 1.165) is 18.4 Å². The van der Waals surface area contributed by atoms with Gasteiger partial charge < -0.3 is 9.88 Å². The van der Waals surface area contributed by atoms with Crippen LogP contribution in [-0.4, -0.2) is 15.6 Å². The number of imidazole rings is 1. The molecule has 3 heteroatoms. The molecule has 1 fully saturated rings. The first-order valence-corrected chi connectivity index (χ1v) is 6.59. The summed E-state index contributed by atoms with van der Waals surface area (Å²) in [6, 6.07) is 0.628. The zero-order valence-corrected chi connectivity index (χ0v) is 10.4. The van der Waals surface area contributed by atoms with Crippen molar-refractivity contribution in [2.45, 2.75) is 58.5 Å². The van der Waals surface area contributed by atoms with Gasteiger partial charge >= 0.3 is 0 Å². The van der Waals surface area contributed by atoms with Crippen molar-refractivity contribution in [3.05, 3.63) is 12.4 Å². The van der Waals surface area contributed by atoms with Crippen LogP contribution in [0.3, 0.4) is 0 Å². The zero-order chi connectivity index (χ0) is 11.4. The first-order chi connectivity index (χ1) is 7.81. The molecule has 0 amide bonds. The molecule has 2 rings (SSSR count). The Morgan fingerprint density at radius 3 is 3.06 bits per heavy atom. The van der Waals surface area contributed by atoms with Gasteiger partial charge in [0.1, 0.15) is 0 Å². The lowest BCUT2D eigenvalue weighted by molar-refractivity contribution is 0.545. The Hall–Kier alpha value is -0.990. The van der Waals surface area contributed by atoms with Crippen molar-refractivity contribution in [2.75, 3.05) is 5.32 Å². The van der Waals surface area contributed by atoms with Gasteiger partial charge in [0.2, 0.25) is 5.95 Å². The largest absolute Gasteiger partial charge is 0.353 e. The summed E-state index contributed by atoms with van der Waals surface area (Å²) in [5, 5.41) is 3.60. The van der Waals surface area contributed by atoms with Crippen LogP contribution < -0.4 is 5.32 Å². The van der Waals surface area contributed by atoms with E-state index in [9.17, 15) is 0 Å².